The molecule has 3 heteroatoms. The van der Waals surface area contributed by atoms with E-state index < -0.39 is 0 Å². The number of hydrogen-bond donors (Lipinski definition) is 0. The maximum Gasteiger partial charge on any atom is 0.169 e. The summed E-state index contributed by atoms with van der Waals surface area (Å²) < 4.78 is 0. The van der Waals surface area contributed by atoms with Gasteiger partial charge in [-0.3, -0.25) is 9.78 Å². The predicted octanol–water partition coefficient (Wildman–Crippen LogP) is 3.47. The predicted molar refractivity (Wildman–Crippen MR) is 68.5 cm³/mol. The summed E-state index contributed by atoms with van der Waals surface area (Å²) in [7, 11) is 0. The number of nitrogens with zero attached hydrogens (tertiary/aromatic N) is 1. The van der Waals surface area contributed by atoms with Crippen LogP contribution in [0.1, 0.15) is 21.6 Å². The molecule has 0 aliphatic heterocycles. The van der Waals surface area contributed by atoms with Gasteiger partial charge in [0.25, 0.3) is 0 Å². The van der Waals surface area contributed by atoms with Crippen molar-refractivity contribution in [3.05, 3.63) is 64.4 Å². The first-order chi connectivity index (χ1) is 8.16. The molecule has 17 heavy (non-hydrogen) atoms. The molecule has 2 nitrogen and oxygen atoms in total. The highest BCUT2D eigenvalue weighted by atomic mass is 35.5. The number of carbonyl (C=O) groups is 1. The van der Waals surface area contributed by atoms with E-state index in [1.54, 1.807) is 24.4 Å². The Hall–Kier alpha value is -1.67. The van der Waals surface area contributed by atoms with Gasteiger partial charge in [0, 0.05) is 22.5 Å². The van der Waals surface area contributed by atoms with E-state index in [1.807, 2.05) is 25.1 Å². The Morgan fingerprint density at radius 3 is 2.76 bits per heavy atom. The lowest BCUT2D eigenvalue weighted by molar-refractivity contribution is 0.0991. The molecule has 2 rings (SSSR count). The Kier molecular flexibility index (Phi) is 3.55. The minimum absolute atomic E-state index is 0.0675. The summed E-state index contributed by atoms with van der Waals surface area (Å²) in [6.45, 7) is 1.89. The van der Waals surface area contributed by atoms with Crippen LogP contribution >= 0.6 is 11.6 Å². The third-order valence-corrected chi connectivity index (χ3v) is 2.79. The third-order valence-electron chi connectivity index (χ3n) is 2.56. The van der Waals surface area contributed by atoms with Crippen molar-refractivity contribution in [2.24, 2.45) is 0 Å². The Morgan fingerprint density at radius 2 is 2.12 bits per heavy atom. The fraction of sp³-hybridized carbons (Fsp3) is 0.143. The summed E-state index contributed by atoms with van der Waals surface area (Å²) >= 11 is 5.86. The molecular formula is C14H12ClNO. The Balaban J connectivity index is 2.21. The van der Waals surface area contributed by atoms with E-state index in [1.165, 1.54) is 0 Å². The molecule has 86 valence electrons. The number of hydrogen-bond acceptors (Lipinski definition) is 2. The van der Waals surface area contributed by atoms with Crippen LogP contribution in [0.4, 0.5) is 0 Å². The number of ketones is 1. The summed E-state index contributed by atoms with van der Waals surface area (Å²) in [4.78, 5) is 16.2. The summed E-state index contributed by atoms with van der Waals surface area (Å²) in [6.07, 6.45) is 2.01. The van der Waals surface area contributed by atoms with Crippen LogP contribution in [0.25, 0.3) is 0 Å². The molecule has 0 N–H and O–H groups in total. The van der Waals surface area contributed by atoms with Crippen LogP contribution in [0, 0.1) is 6.92 Å². The second-order valence-corrected chi connectivity index (χ2v) is 4.32. The minimum Gasteiger partial charge on any atom is -0.294 e. The molecule has 2 aromatic rings. The highest BCUT2D eigenvalue weighted by molar-refractivity contribution is 6.30. The average Bonchev–Trinajstić information content (AvgIpc) is 2.30. The van der Waals surface area contributed by atoms with E-state index in [4.69, 9.17) is 11.6 Å². The fourth-order valence-electron chi connectivity index (χ4n) is 1.70. The first-order valence-corrected chi connectivity index (χ1v) is 5.74. The highest BCUT2D eigenvalue weighted by Gasteiger charge is 2.10. The lowest BCUT2D eigenvalue weighted by atomic mass is 10.0. The number of carbonyl (C=O) groups excluding carboxylic acids is 1. The van der Waals surface area contributed by atoms with Gasteiger partial charge in [-0.15, -0.1) is 0 Å². The van der Waals surface area contributed by atoms with Crippen molar-refractivity contribution in [1.29, 1.82) is 0 Å². The van der Waals surface area contributed by atoms with Crippen molar-refractivity contribution >= 4 is 17.4 Å². The second-order valence-electron chi connectivity index (χ2n) is 3.88. The first-order valence-electron chi connectivity index (χ1n) is 5.36. The van der Waals surface area contributed by atoms with E-state index in [0.717, 1.165) is 11.3 Å². The molecule has 1 aromatic heterocycles. The van der Waals surface area contributed by atoms with E-state index in [0.29, 0.717) is 17.0 Å². The minimum atomic E-state index is 0.0675. The van der Waals surface area contributed by atoms with Crippen molar-refractivity contribution < 1.29 is 4.79 Å². The SMILES string of the molecule is Cc1cc(Cl)ccc1C(=O)Cc1ccccn1. The molecule has 1 aromatic carbocycles. The quantitative estimate of drug-likeness (QED) is 0.775. The molecule has 0 radical (unpaired) electrons. The average molecular weight is 246 g/mol. The molecule has 0 fully saturated rings. The molecule has 0 spiro atoms. The molecule has 0 aliphatic rings. The molecule has 0 amide bonds. The van der Waals surface area contributed by atoms with Gasteiger partial charge in [0.15, 0.2) is 5.78 Å². The number of rotatable bonds is 3. The normalized spacial score (nSPS) is 10.2. The van der Waals surface area contributed by atoms with Crippen LogP contribution in [0.15, 0.2) is 42.6 Å². The monoisotopic (exact) mass is 245 g/mol. The second kappa shape index (κ2) is 5.11. The Bertz CT molecular complexity index is 537. The van der Waals surface area contributed by atoms with E-state index in [-0.39, 0.29) is 5.78 Å². The molecule has 0 atom stereocenters. The summed E-state index contributed by atoms with van der Waals surface area (Å²) in [5, 5.41) is 0.650. The first kappa shape index (κ1) is 11.8. The zero-order chi connectivity index (χ0) is 12.3. The summed E-state index contributed by atoms with van der Waals surface area (Å²) in [6, 6.07) is 10.9. The van der Waals surface area contributed by atoms with Gasteiger partial charge in [-0.1, -0.05) is 17.7 Å². The van der Waals surface area contributed by atoms with E-state index in [9.17, 15) is 4.79 Å². The van der Waals surface area contributed by atoms with Crippen molar-refractivity contribution in [2.45, 2.75) is 13.3 Å². The fourth-order valence-corrected chi connectivity index (χ4v) is 1.93. The highest BCUT2D eigenvalue weighted by Crippen LogP contribution is 2.16. The lowest BCUT2D eigenvalue weighted by Crippen LogP contribution is -2.06. The van der Waals surface area contributed by atoms with Crippen LogP contribution in [-0.4, -0.2) is 10.8 Å². The molecule has 0 bridgehead atoms. The van der Waals surface area contributed by atoms with Crippen LogP contribution in [0.2, 0.25) is 5.02 Å². The van der Waals surface area contributed by atoms with Gasteiger partial charge in [-0.2, -0.15) is 0 Å². The van der Waals surface area contributed by atoms with Gasteiger partial charge in [0.1, 0.15) is 0 Å². The van der Waals surface area contributed by atoms with Gasteiger partial charge in [-0.05, 0) is 42.8 Å². The number of Topliss-reactive ketones (excluding diaryl/α,β-unsaturated/α-hetero) is 1. The Morgan fingerprint density at radius 1 is 1.29 bits per heavy atom. The smallest absolute Gasteiger partial charge is 0.169 e. The standard InChI is InChI=1S/C14H12ClNO/c1-10-8-11(15)5-6-13(10)14(17)9-12-4-2-3-7-16-12/h2-8H,9H2,1H3. The van der Waals surface area contributed by atoms with Crippen LogP contribution < -0.4 is 0 Å². The summed E-state index contributed by atoms with van der Waals surface area (Å²) in [5.74, 6) is 0.0675. The lowest BCUT2D eigenvalue weighted by Gasteiger charge is -2.05. The van der Waals surface area contributed by atoms with Gasteiger partial charge in [-0.25, -0.2) is 0 Å². The van der Waals surface area contributed by atoms with E-state index in [2.05, 4.69) is 4.98 Å². The molecule has 0 saturated carbocycles. The molecule has 0 aliphatic carbocycles. The number of pyridine rings is 1. The van der Waals surface area contributed by atoms with Crippen LogP contribution in [0.3, 0.4) is 0 Å². The number of halogens is 1. The van der Waals surface area contributed by atoms with Crippen molar-refractivity contribution in [2.75, 3.05) is 0 Å². The molecule has 0 unspecified atom stereocenters. The van der Waals surface area contributed by atoms with Gasteiger partial charge in [0.2, 0.25) is 0 Å². The maximum absolute atomic E-state index is 12.1. The van der Waals surface area contributed by atoms with Crippen molar-refractivity contribution in [3.63, 3.8) is 0 Å². The van der Waals surface area contributed by atoms with Gasteiger partial charge >= 0.3 is 0 Å². The van der Waals surface area contributed by atoms with Crippen LogP contribution in [0.5, 0.6) is 0 Å². The Labute approximate surface area is 105 Å². The number of aryl methyl sites for hydroxylation is 1. The summed E-state index contributed by atoms with van der Waals surface area (Å²) in [5.41, 5.74) is 2.39. The zero-order valence-corrected chi connectivity index (χ0v) is 10.2. The van der Waals surface area contributed by atoms with Gasteiger partial charge in [0.05, 0.1) is 6.42 Å². The van der Waals surface area contributed by atoms with Crippen LogP contribution in [-0.2, 0) is 6.42 Å². The number of aromatic nitrogens is 1. The van der Waals surface area contributed by atoms with Crippen molar-refractivity contribution in [1.82, 2.24) is 4.98 Å². The molecule has 0 saturated heterocycles. The molecular weight excluding hydrogens is 234 g/mol. The number of benzene rings is 1. The van der Waals surface area contributed by atoms with Crippen molar-refractivity contribution in [3.8, 4) is 0 Å². The topological polar surface area (TPSA) is 30.0 Å². The maximum atomic E-state index is 12.1. The van der Waals surface area contributed by atoms with E-state index >= 15 is 0 Å². The largest absolute Gasteiger partial charge is 0.294 e. The third kappa shape index (κ3) is 2.92. The van der Waals surface area contributed by atoms with Gasteiger partial charge < -0.3 is 0 Å². The zero-order valence-electron chi connectivity index (χ0n) is 9.48. The molecule has 1 heterocycles.